The van der Waals surface area contributed by atoms with Crippen LogP contribution in [0.4, 0.5) is 0 Å². The highest BCUT2D eigenvalue weighted by atomic mass is 16.2. The molecular formula is C29H28N4O2. The van der Waals surface area contributed by atoms with Gasteiger partial charge in [0.1, 0.15) is 6.04 Å². The van der Waals surface area contributed by atoms with Gasteiger partial charge >= 0.3 is 0 Å². The summed E-state index contributed by atoms with van der Waals surface area (Å²) in [5.74, 6) is -0.585. The number of rotatable bonds is 9. The molecule has 0 spiro atoms. The van der Waals surface area contributed by atoms with Crippen molar-refractivity contribution in [2.24, 2.45) is 0 Å². The van der Waals surface area contributed by atoms with Crippen LogP contribution in [-0.2, 0) is 22.7 Å². The first-order valence-corrected chi connectivity index (χ1v) is 11.6. The second-order valence-corrected chi connectivity index (χ2v) is 8.24. The Hall–Kier alpha value is -4.45. The molecule has 0 radical (unpaired) electrons. The van der Waals surface area contributed by atoms with Crippen molar-refractivity contribution in [3.8, 4) is 11.3 Å². The Balaban J connectivity index is 1.40. The zero-order valence-corrected chi connectivity index (χ0v) is 19.6. The fraction of sp³-hybridized carbons (Fsp3) is 0.138. The molecule has 1 heterocycles. The fourth-order valence-electron chi connectivity index (χ4n) is 3.68. The van der Waals surface area contributed by atoms with Crippen molar-refractivity contribution in [1.29, 1.82) is 0 Å². The maximum atomic E-state index is 12.7. The molecule has 6 heteroatoms. The molecule has 176 valence electrons. The number of carbonyl (C=O) groups is 2. The third-order valence-corrected chi connectivity index (χ3v) is 5.50. The minimum atomic E-state index is -0.678. The minimum absolute atomic E-state index is 0.263. The van der Waals surface area contributed by atoms with Crippen LogP contribution >= 0.6 is 0 Å². The standard InChI is InChI=1S/C29H28N4O2/c1-22(31-27(34)18-17-23-11-5-2-6-12-23)29(35)30-19-26-21-33(20-24-13-7-3-8-14-24)32-28(26)25-15-9-4-10-16-25/h2-18,21-22H,19-20H2,1H3,(H,30,35)(H,31,34)/b18-17+. The SMILES string of the molecule is CC(NC(=O)/C=C/c1ccccc1)C(=O)NCc1cn(Cc2ccccc2)nc1-c1ccccc1. The number of hydrogen-bond donors (Lipinski definition) is 2. The Labute approximate surface area is 205 Å². The molecule has 0 aliphatic carbocycles. The van der Waals surface area contributed by atoms with Crippen molar-refractivity contribution in [3.05, 3.63) is 120 Å². The molecule has 4 aromatic rings. The topological polar surface area (TPSA) is 76.0 Å². The molecule has 4 rings (SSSR count). The summed E-state index contributed by atoms with van der Waals surface area (Å²) in [6.45, 7) is 2.60. The largest absolute Gasteiger partial charge is 0.350 e. The molecule has 6 nitrogen and oxygen atoms in total. The van der Waals surface area contributed by atoms with Crippen LogP contribution in [0.5, 0.6) is 0 Å². The van der Waals surface area contributed by atoms with Gasteiger partial charge in [0.15, 0.2) is 0 Å². The molecule has 0 saturated heterocycles. The first kappa shape index (κ1) is 23.7. The number of amides is 2. The number of hydrogen-bond acceptors (Lipinski definition) is 3. The van der Waals surface area contributed by atoms with Gasteiger partial charge in [0.05, 0.1) is 12.2 Å². The van der Waals surface area contributed by atoms with Crippen LogP contribution in [0.1, 0.15) is 23.6 Å². The number of benzene rings is 3. The van der Waals surface area contributed by atoms with Crippen molar-refractivity contribution in [3.63, 3.8) is 0 Å². The Morgan fingerprint density at radius 3 is 2.23 bits per heavy atom. The van der Waals surface area contributed by atoms with Gasteiger partial charge in [-0.2, -0.15) is 5.10 Å². The van der Waals surface area contributed by atoms with Gasteiger partial charge in [-0.1, -0.05) is 91.0 Å². The quantitative estimate of drug-likeness (QED) is 0.360. The molecule has 0 aliphatic rings. The Kier molecular flexibility index (Phi) is 7.86. The van der Waals surface area contributed by atoms with Gasteiger partial charge in [0.2, 0.25) is 11.8 Å². The van der Waals surface area contributed by atoms with E-state index in [1.807, 2.05) is 89.7 Å². The van der Waals surface area contributed by atoms with Gasteiger partial charge in [-0.15, -0.1) is 0 Å². The molecule has 2 N–H and O–H groups in total. The van der Waals surface area contributed by atoms with Crippen LogP contribution in [0.3, 0.4) is 0 Å². The second-order valence-electron chi connectivity index (χ2n) is 8.24. The van der Waals surface area contributed by atoms with Gasteiger partial charge in [0.25, 0.3) is 0 Å². The van der Waals surface area contributed by atoms with Crippen molar-refractivity contribution < 1.29 is 9.59 Å². The van der Waals surface area contributed by atoms with Crippen molar-refractivity contribution >= 4 is 17.9 Å². The van der Waals surface area contributed by atoms with E-state index in [2.05, 4.69) is 22.8 Å². The predicted octanol–water partition coefficient (Wildman–Crippen LogP) is 4.43. The first-order valence-electron chi connectivity index (χ1n) is 11.6. The highest BCUT2D eigenvalue weighted by Gasteiger charge is 2.17. The molecule has 35 heavy (non-hydrogen) atoms. The van der Waals surface area contributed by atoms with E-state index < -0.39 is 6.04 Å². The van der Waals surface area contributed by atoms with Gasteiger partial charge in [-0.05, 0) is 24.1 Å². The number of nitrogens with one attached hydrogen (secondary N) is 2. The maximum absolute atomic E-state index is 12.7. The first-order chi connectivity index (χ1) is 17.1. The van der Waals surface area contributed by atoms with E-state index in [4.69, 9.17) is 5.10 Å². The van der Waals surface area contributed by atoms with Gasteiger partial charge < -0.3 is 10.6 Å². The van der Waals surface area contributed by atoms with Crippen LogP contribution < -0.4 is 10.6 Å². The van der Waals surface area contributed by atoms with Crippen molar-refractivity contribution in [2.75, 3.05) is 0 Å². The van der Waals surface area contributed by atoms with E-state index in [-0.39, 0.29) is 11.8 Å². The molecule has 3 aromatic carbocycles. The lowest BCUT2D eigenvalue weighted by atomic mass is 10.1. The Morgan fingerprint density at radius 2 is 1.54 bits per heavy atom. The number of carbonyl (C=O) groups excluding carboxylic acids is 2. The maximum Gasteiger partial charge on any atom is 0.244 e. The average molecular weight is 465 g/mol. The minimum Gasteiger partial charge on any atom is -0.350 e. The average Bonchev–Trinajstić information content (AvgIpc) is 3.30. The summed E-state index contributed by atoms with van der Waals surface area (Å²) in [4.78, 5) is 24.9. The van der Waals surface area contributed by atoms with Crippen molar-refractivity contribution in [1.82, 2.24) is 20.4 Å². The summed E-state index contributed by atoms with van der Waals surface area (Å²) in [6.07, 6.45) is 5.11. The monoisotopic (exact) mass is 464 g/mol. The molecule has 1 unspecified atom stereocenters. The summed E-state index contributed by atoms with van der Waals surface area (Å²) in [5, 5.41) is 10.4. The Bertz CT molecular complexity index is 1280. The second kappa shape index (κ2) is 11.6. The smallest absolute Gasteiger partial charge is 0.244 e. The normalized spacial score (nSPS) is 11.8. The zero-order valence-electron chi connectivity index (χ0n) is 19.6. The highest BCUT2D eigenvalue weighted by Crippen LogP contribution is 2.22. The summed E-state index contributed by atoms with van der Waals surface area (Å²) in [7, 11) is 0. The van der Waals surface area contributed by atoms with Crippen LogP contribution in [0.15, 0.2) is 103 Å². The van der Waals surface area contributed by atoms with Crippen LogP contribution in [-0.4, -0.2) is 27.6 Å². The fourth-order valence-corrected chi connectivity index (χ4v) is 3.68. The predicted molar refractivity (Wildman–Crippen MR) is 138 cm³/mol. The molecule has 1 atom stereocenters. The third kappa shape index (κ3) is 6.77. The van der Waals surface area contributed by atoms with E-state index in [0.29, 0.717) is 13.1 Å². The van der Waals surface area contributed by atoms with E-state index in [0.717, 1.165) is 27.9 Å². The van der Waals surface area contributed by atoms with Gasteiger partial charge in [-0.3, -0.25) is 14.3 Å². The Morgan fingerprint density at radius 1 is 0.914 bits per heavy atom. The van der Waals surface area contributed by atoms with Crippen LogP contribution in [0, 0.1) is 0 Å². The third-order valence-electron chi connectivity index (χ3n) is 5.50. The van der Waals surface area contributed by atoms with Crippen molar-refractivity contribution in [2.45, 2.75) is 26.1 Å². The van der Waals surface area contributed by atoms with Crippen LogP contribution in [0.25, 0.3) is 17.3 Å². The summed E-state index contributed by atoms with van der Waals surface area (Å²) in [5.41, 5.74) is 4.77. The molecule has 0 bridgehead atoms. The summed E-state index contributed by atoms with van der Waals surface area (Å²) >= 11 is 0. The molecule has 1 aromatic heterocycles. The van der Waals surface area contributed by atoms with E-state index in [1.54, 1.807) is 13.0 Å². The lowest BCUT2D eigenvalue weighted by Gasteiger charge is -2.13. The number of nitrogens with zero attached hydrogens (tertiary/aromatic N) is 2. The molecule has 0 saturated carbocycles. The summed E-state index contributed by atoms with van der Waals surface area (Å²) in [6, 6.07) is 28.9. The molecule has 0 aliphatic heterocycles. The molecule has 2 amide bonds. The van der Waals surface area contributed by atoms with E-state index >= 15 is 0 Å². The molecule has 0 fully saturated rings. The lowest BCUT2D eigenvalue weighted by molar-refractivity contribution is -0.126. The number of aromatic nitrogens is 2. The molecular weight excluding hydrogens is 436 g/mol. The highest BCUT2D eigenvalue weighted by molar-refractivity contribution is 5.95. The van der Waals surface area contributed by atoms with Gasteiger partial charge in [0, 0.05) is 29.9 Å². The van der Waals surface area contributed by atoms with E-state index in [1.165, 1.54) is 6.08 Å². The zero-order chi connectivity index (χ0) is 24.5. The van der Waals surface area contributed by atoms with E-state index in [9.17, 15) is 9.59 Å². The van der Waals surface area contributed by atoms with Crippen LogP contribution in [0.2, 0.25) is 0 Å². The van der Waals surface area contributed by atoms with Gasteiger partial charge in [-0.25, -0.2) is 0 Å². The summed E-state index contributed by atoms with van der Waals surface area (Å²) < 4.78 is 1.89. The lowest BCUT2D eigenvalue weighted by Crippen LogP contribution is -2.44.